The van der Waals surface area contributed by atoms with E-state index in [0.717, 1.165) is 4.90 Å². The van der Waals surface area contributed by atoms with Gasteiger partial charge in [0.05, 0.1) is 26.2 Å². The maximum atomic E-state index is 11.5. The van der Waals surface area contributed by atoms with Crippen molar-refractivity contribution in [3.8, 4) is 11.5 Å². The molecule has 1 aromatic rings. The Morgan fingerprint density at radius 2 is 1.72 bits per heavy atom. The number of nitrogens with zero attached hydrogens (tertiary/aromatic N) is 1. The number of fused-ring (bicyclic) bond motifs is 3. The van der Waals surface area contributed by atoms with E-state index in [-0.39, 0.29) is 18.4 Å². The molecule has 0 saturated carbocycles. The summed E-state index contributed by atoms with van der Waals surface area (Å²) in [5.74, 6) is -6.97. The third kappa shape index (κ3) is 3.43. The van der Waals surface area contributed by atoms with Gasteiger partial charge < -0.3 is 41.0 Å². The smallest absolute Gasteiger partial charge is 0.306 e. The number of ether oxygens (including phenoxy) is 3. The van der Waals surface area contributed by atoms with Crippen LogP contribution in [0.2, 0.25) is 0 Å². The highest BCUT2D eigenvalue weighted by molar-refractivity contribution is 5.69. The molecule has 11 N–H and O–H groups in total. The minimum absolute atomic E-state index is 0.0406. The Labute approximate surface area is 186 Å². The highest BCUT2D eigenvalue weighted by Crippen LogP contribution is 2.54. The summed E-state index contributed by atoms with van der Waals surface area (Å²) in [6.07, 6.45) is -0.487. The van der Waals surface area contributed by atoms with Crippen LogP contribution in [0.3, 0.4) is 0 Å². The van der Waals surface area contributed by atoms with Gasteiger partial charge in [0.25, 0.3) is 0 Å². The number of aliphatic hydroxyl groups is 2. The monoisotopic (exact) mass is 455 g/mol. The first-order valence-electron chi connectivity index (χ1n) is 10.2. The average Bonchev–Trinajstić information content (AvgIpc) is 2.71. The summed E-state index contributed by atoms with van der Waals surface area (Å²) in [4.78, 5) is 12.5. The van der Waals surface area contributed by atoms with Crippen molar-refractivity contribution in [2.24, 2.45) is 34.8 Å². The van der Waals surface area contributed by atoms with Crippen LogP contribution in [0.1, 0.15) is 36.9 Å². The van der Waals surface area contributed by atoms with E-state index in [2.05, 4.69) is 0 Å². The quantitative estimate of drug-likeness (QED) is 0.244. The standard InChI is InChI=1S/C20H33N5O7/c1-9(17(26)27)5-12-14(30-2)8-13-10-6-15(31-3)16(32-4)7-11(10)18(21,22)20(24,29)25(13)19(12,23)28/h6-7,9,12-14,28-29H,5,8,21-24H2,1-4H3,(H,26,27). The van der Waals surface area contributed by atoms with Gasteiger partial charge in [-0.3, -0.25) is 16.3 Å². The molecule has 2 aliphatic rings. The second kappa shape index (κ2) is 8.08. The lowest BCUT2D eigenvalue weighted by molar-refractivity contribution is -0.328. The minimum Gasteiger partial charge on any atom is -0.493 e. The summed E-state index contributed by atoms with van der Waals surface area (Å²) < 4.78 is 16.3. The van der Waals surface area contributed by atoms with Gasteiger partial charge in [0.2, 0.25) is 5.85 Å². The molecule has 2 aliphatic heterocycles. The van der Waals surface area contributed by atoms with Crippen LogP contribution in [-0.2, 0) is 15.2 Å². The fraction of sp³-hybridized carbons (Fsp3) is 0.650. The van der Waals surface area contributed by atoms with Crippen molar-refractivity contribution in [3.05, 3.63) is 23.3 Å². The van der Waals surface area contributed by atoms with Crippen LogP contribution >= 0.6 is 0 Å². The van der Waals surface area contributed by atoms with Crippen molar-refractivity contribution >= 4 is 5.97 Å². The van der Waals surface area contributed by atoms with Gasteiger partial charge in [-0.1, -0.05) is 6.92 Å². The fourth-order valence-electron chi connectivity index (χ4n) is 4.96. The average molecular weight is 456 g/mol. The summed E-state index contributed by atoms with van der Waals surface area (Å²) in [7, 11) is 4.35. The van der Waals surface area contributed by atoms with Crippen molar-refractivity contribution in [2.45, 2.75) is 49.3 Å². The Bertz CT molecular complexity index is 891. The molecule has 0 bridgehead atoms. The lowest BCUT2D eigenvalue weighted by Crippen LogP contribution is -2.86. The zero-order chi connectivity index (χ0) is 24.2. The van der Waals surface area contributed by atoms with E-state index in [1.807, 2.05) is 0 Å². The number of hydrogen-bond donors (Lipinski definition) is 7. The van der Waals surface area contributed by atoms with Gasteiger partial charge in [-0.05, 0) is 30.5 Å². The molecule has 0 aliphatic carbocycles. The van der Waals surface area contributed by atoms with E-state index in [0.29, 0.717) is 17.1 Å². The zero-order valence-electron chi connectivity index (χ0n) is 18.6. The highest BCUT2D eigenvalue weighted by Gasteiger charge is 2.66. The summed E-state index contributed by atoms with van der Waals surface area (Å²) >= 11 is 0. The first-order chi connectivity index (χ1) is 14.7. The molecule has 0 radical (unpaired) electrons. The van der Waals surface area contributed by atoms with Crippen LogP contribution in [0.5, 0.6) is 11.5 Å². The maximum absolute atomic E-state index is 11.5. The number of aliphatic carboxylic acids is 1. The molecule has 3 rings (SSSR count). The number of benzene rings is 1. The fourth-order valence-corrected chi connectivity index (χ4v) is 4.96. The molecular weight excluding hydrogens is 422 g/mol. The topological polar surface area (TPSA) is 213 Å². The van der Waals surface area contributed by atoms with Gasteiger partial charge in [0.15, 0.2) is 17.3 Å². The molecule has 0 aromatic heterocycles. The van der Waals surface area contributed by atoms with Gasteiger partial charge in [-0.15, -0.1) is 0 Å². The van der Waals surface area contributed by atoms with E-state index >= 15 is 0 Å². The van der Waals surface area contributed by atoms with Gasteiger partial charge in [0.1, 0.15) is 5.66 Å². The first kappa shape index (κ1) is 24.6. The molecule has 1 saturated heterocycles. The van der Waals surface area contributed by atoms with E-state index in [9.17, 15) is 20.1 Å². The van der Waals surface area contributed by atoms with Crippen molar-refractivity contribution in [3.63, 3.8) is 0 Å². The molecule has 12 nitrogen and oxygen atoms in total. The number of rotatable bonds is 6. The van der Waals surface area contributed by atoms with Gasteiger partial charge in [-0.25, -0.2) is 4.90 Å². The third-order valence-corrected chi connectivity index (χ3v) is 6.82. The number of hydrogen-bond acceptors (Lipinski definition) is 11. The number of carbonyl (C=O) groups is 1. The Kier molecular flexibility index (Phi) is 6.21. The first-order valence-corrected chi connectivity index (χ1v) is 10.2. The van der Waals surface area contributed by atoms with Gasteiger partial charge in [-0.2, -0.15) is 0 Å². The molecule has 0 amide bonds. The third-order valence-electron chi connectivity index (χ3n) is 6.82. The molecule has 180 valence electrons. The van der Waals surface area contributed by atoms with Crippen LogP contribution < -0.4 is 32.4 Å². The Morgan fingerprint density at radius 1 is 1.16 bits per heavy atom. The van der Waals surface area contributed by atoms with Gasteiger partial charge in [0, 0.05) is 24.6 Å². The molecule has 12 heteroatoms. The number of methoxy groups -OCH3 is 3. The molecule has 1 aromatic carbocycles. The molecule has 2 heterocycles. The lowest BCUT2D eigenvalue weighted by atomic mass is 9.71. The van der Waals surface area contributed by atoms with Gasteiger partial charge >= 0.3 is 5.97 Å². The Hall–Kier alpha value is -2.03. The number of nitrogens with two attached hydrogens (primary N) is 4. The van der Waals surface area contributed by atoms with Crippen LogP contribution in [0.4, 0.5) is 0 Å². The maximum Gasteiger partial charge on any atom is 0.306 e. The molecule has 6 atom stereocenters. The van der Waals surface area contributed by atoms with E-state index < -0.39 is 47.3 Å². The van der Waals surface area contributed by atoms with Crippen LogP contribution in [0.15, 0.2) is 12.1 Å². The van der Waals surface area contributed by atoms with Crippen molar-refractivity contribution in [1.82, 2.24) is 4.90 Å². The second-order valence-corrected chi connectivity index (χ2v) is 8.65. The Morgan fingerprint density at radius 3 is 2.22 bits per heavy atom. The second-order valence-electron chi connectivity index (χ2n) is 8.65. The SMILES string of the molecule is COc1cc2c(cc1OC)C(N)(N)C(N)(O)N1C2CC(OC)C(CC(C)C(=O)O)C1(N)O. The summed E-state index contributed by atoms with van der Waals surface area (Å²) in [6.45, 7) is 1.49. The van der Waals surface area contributed by atoms with Crippen molar-refractivity contribution in [2.75, 3.05) is 21.3 Å². The molecule has 1 fully saturated rings. The van der Waals surface area contributed by atoms with Crippen LogP contribution in [0, 0.1) is 11.8 Å². The molecular formula is C20H33N5O7. The minimum atomic E-state index is -2.52. The van der Waals surface area contributed by atoms with Crippen LogP contribution in [-0.4, -0.2) is 65.3 Å². The summed E-state index contributed by atoms with van der Waals surface area (Å²) in [5.41, 5.74) is 24.0. The molecule has 32 heavy (non-hydrogen) atoms. The van der Waals surface area contributed by atoms with E-state index in [1.54, 1.807) is 6.07 Å². The predicted octanol–water partition coefficient (Wildman–Crippen LogP) is -1.51. The summed E-state index contributed by atoms with van der Waals surface area (Å²) in [5, 5.41) is 32.3. The largest absolute Gasteiger partial charge is 0.493 e. The molecule has 0 spiro atoms. The lowest BCUT2D eigenvalue weighted by Gasteiger charge is -2.63. The normalized spacial score (nSPS) is 34.9. The number of carboxylic acid groups (broad SMARTS) is 1. The molecule has 6 unspecified atom stereocenters. The van der Waals surface area contributed by atoms with Crippen molar-refractivity contribution < 1.29 is 34.3 Å². The predicted molar refractivity (Wildman–Crippen MR) is 113 cm³/mol. The highest BCUT2D eigenvalue weighted by atomic mass is 16.5. The zero-order valence-corrected chi connectivity index (χ0v) is 18.6. The summed E-state index contributed by atoms with van der Waals surface area (Å²) in [6, 6.07) is 2.38. The Balaban J connectivity index is 2.22. The van der Waals surface area contributed by atoms with E-state index in [1.165, 1.54) is 34.3 Å². The van der Waals surface area contributed by atoms with Crippen molar-refractivity contribution in [1.29, 1.82) is 0 Å². The number of piperidine rings is 1. The number of carboxylic acids is 1. The van der Waals surface area contributed by atoms with E-state index in [4.69, 9.17) is 37.1 Å². The van der Waals surface area contributed by atoms with Crippen LogP contribution in [0.25, 0.3) is 0 Å².